The summed E-state index contributed by atoms with van der Waals surface area (Å²) in [5.74, 6) is -0.816. The normalized spacial score (nSPS) is 14.2. The van der Waals surface area contributed by atoms with Crippen molar-refractivity contribution in [3.63, 3.8) is 0 Å². The Morgan fingerprint density at radius 3 is 2.10 bits per heavy atom. The topological polar surface area (TPSA) is 98.6 Å². The van der Waals surface area contributed by atoms with Crippen molar-refractivity contribution < 1.29 is 14.0 Å². The molecule has 0 aromatic heterocycles. The van der Waals surface area contributed by atoms with Crippen LogP contribution in [0.1, 0.15) is 32.1 Å². The summed E-state index contributed by atoms with van der Waals surface area (Å²) in [7, 11) is -3.28. The highest BCUT2D eigenvalue weighted by atomic mass is 28.4. The molecule has 5 N–H and O–H groups in total. The monoisotopic (exact) mass is 334 g/mol. The Kier molecular flexibility index (Phi) is 9.63. The molecule has 0 aliphatic rings. The fourth-order valence-corrected chi connectivity index (χ4v) is 11.6. The molecule has 0 bridgehead atoms. The number of aliphatic carboxylic acids is 1. The van der Waals surface area contributed by atoms with E-state index in [1.807, 2.05) is 0 Å². The summed E-state index contributed by atoms with van der Waals surface area (Å²) >= 11 is 0. The van der Waals surface area contributed by atoms with E-state index in [-0.39, 0.29) is 12.5 Å². The smallest absolute Gasteiger partial charge is 0.304 e. The quantitative estimate of drug-likeness (QED) is 0.376. The lowest BCUT2D eigenvalue weighted by Crippen LogP contribution is -2.44. The molecular weight excluding hydrogens is 300 g/mol. The van der Waals surface area contributed by atoms with E-state index in [1.165, 1.54) is 6.04 Å². The Hall–Kier alpha value is -0.216. The number of hydrogen-bond acceptors (Lipinski definition) is 4. The third-order valence-corrected chi connectivity index (χ3v) is 11.1. The Morgan fingerprint density at radius 2 is 1.62 bits per heavy atom. The van der Waals surface area contributed by atoms with Crippen LogP contribution in [0.3, 0.4) is 0 Å². The van der Waals surface area contributed by atoms with E-state index in [9.17, 15) is 4.79 Å². The largest absolute Gasteiger partial charge is 0.481 e. The third kappa shape index (κ3) is 12.1. The maximum Gasteiger partial charge on any atom is 0.304 e. The van der Waals surface area contributed by atoms with Gasteiger partial charge in [-0.1, -0.05) is 12.8 Å². The van der Waals surface area contributed by atoms with Crippen LogP contribution in [0.5, 0.6) is 0 Å². The number of carboxylic acid groups (broad SMARTS) is 1. The van der Waals surface area contributed by atoms with E-state index < -0.39 is 22.6 Å². The molecular formula is C14H34N2O3Si2. The highest BCUT2D eigenvalue weighted by Gasteiger charge is 2.32. The fourth-order valence-electron chi connectivity index (χ4n) is 2.66. The molecule has 0 heterocycles. The van der Waals surface area contributed by atoms with Crippen molar-refractivity contribution in [2.45, 2.75) is 76.4 Å². The van der Waals surface area contributed by atoms with Gasteiger partial charge in [0.1, 0.15) is 0 Å². The van der Waals surface area contributed by atoms with Crippen molar-refractivity contribution in [3.05, 3.63) is 0 Å². The minimum absolute atomic E-state index is 0.0577. The first-order valence-corrected chi connectivity index (χ1v) is 14.2. The first-order valence-electron chi connectivity index (χ1n) is 7.95. The molecule has 0 aliphatic carbocycles. The molecule has 21 heavy (non-hydrogen) atoms. The Bertz CT molecular complexity index is 313. The summed E-state index contributed by atoms with van der Waals surface area (Å²) in [5.41, 5.74) is 11.3. The van der Waals surface area contributed by atoms with Gasteiger partial charge in [0.05, 0.1) is 6.42 Å². The average molecular weight is 335 g/mol. The highest BCUT2D eigenvalue weighted by molar-refractivity contribution is 6.84. The summed E-state index contributed by atoms with van der Waals surface area (Å²) in [6, 6.07) is 1.98. The summed E-state index contributed by atoms with van der Waals surface area (Å²) in [6.45, 7) is 9.84. The van der Waals surface area contributed by atoms with Gasteiger partial charge in [-0.2, -0.15) is 0 Å². The third-order valence-electron chi connectivity index (χ3n) is 3.58. The molecule has 7 heteroatoms. The number of hydrogen-bond donors (Lipinski definition) is 3. The summed E-state index contributed by atoms with van der Waals surface area (Å²) in [5, 5.41) is 8.70. The fraction of sp³-hybridized carbons (Fsp3) is 0.929. The van der Waals surface area contributed by atoms with Gasteiger partial charge < -0.3 is 20.7 Å². The Morgan fingerprint density at radius 1 is 1.10 bits per heavy atom. The molecule has 1 unspecified atom stereocenters. The van der Waals surface area contributed by atoms with Crippen LogP contribution >= 0.6 is 0 Å². The van der Waals surface area contributed by atoms with Crippen LogP contribution in [0.25, 0.3) is 0 Å². The van der Waals surface area contributed by atoms with Gasteiger partial charge in [0, 0.05) is 6.04 Å². The first kappa shape index (κ1) is 20.8. The van der Waals surface area contributed by atoms with Gasteiger partial charge in [0.15, 0.2) is 16.6 Å². The van der Waals surface area contributed by atoms with Crippen LogP contribution < -0.4 is 11.5 Å². The van der Waals surface area contributed by atoms with Gasteiger partial charge in [-0.15, -0.1) is 0 Å². The summed E-state index contributed by atoms with van der Waals surface area (Å²) in [6.07, 6.45) is 4.01. The summed E-state index contributed by atoms with van der Waals surface area (Å²) in [4.78, 5) is 10.6. The molecule has 126 valence electrons. The van der Waals surface area contributed by atoms with E-state index in [0.29, 0.717) is 0 Å². The maximum absolute atomic E-state index is 10.6. The van der Waals surface area contributed by atoms with E-state index in [0.717, 1.165) is 38.3 Å². The SMILES string of the molecule is C[Si](C)(CCCCN)O[Si](C)(C)CCCC(N)CC(=O)O. The number of carbonyl (C=O) groups is 1. The van der Waals surface area contributed by atoms with Crippen LogP contribution in [0.15, 0.2) is 0 Å². The maximum atomic E-state index is 10.6. The number of rotatable bonds is 12. The molecule has 0 aromatic rings. The van der Waals surface area contributed by atoms with Crippen molar-refractivity contribution in [2.75, 3.05) is 6.54 Å². The minimum Gasteiger partial charge on any atom is -0.481 e. The lowest BCUT2D eigenvalue weighted by atomic mass is 10.1. The van der Waals surface area contributed by atoms with Gasteiger partial charge in [-0.3, -0.25) is 4.79 Å². The lowest BCUT2D eigenvalue weighted by molar-refractivity contribution is -0.137. The molecule has 0 aromatic carbocycles. The lowest BCUT2D eigenvalue weighted by Gasteiger charge is -2.34. The molecule has 0 rings (SSSR count). The van der Waals surface area contributed by atoms with Gasteiger partial charge in [0.25, 0.3) is 0 Å². The second-order valence-electron chi connectivity index (χ2n) is 7.12. The zero-order valence-electron chi connectivity index (χ0n) is 14.2. The standard InChI is InChI=1S/C14H34N2O3Si2/c1-20(2,10-6-5-9-15)19-21(3,4)11-7-8-13(16)12-14(17)18/h13H,5-12,15-16H2,1-4H3,(H,17,18). The van der Waals surface area contributed by atoms with Crippen LogP contribution in [0, 0.1) is 0 Å². The van der Waals surface area contributed by atoms with E-state index in [4.69, 9.17) is 20.7 Å². The van der Waals surface area contributed by atoms with Gasteiger partial charge in [0.2, 0.25) is 0 Å². The average Bonchev–Trinajstić information content (AvgIpc) is 2.25. The predicted molar refractivity (Wildman–Crippen MR) is 93.4 cm³/mol. The molecule has 0 aliphatic heterocycles. The first-order chi connectivity index (χ1) is 9.58. The van der Waals surface area contributed by atoms with Crippen LogP contribution in [0.4, 0.5) is 0 Å². The van der Waals surface area contributed by atoms with Crippen LogP contribution in [0.2, 0.25) is 38.3 Å². The molecule has 0 amide bonds. The number of unbranched alkanes of at least 4 members (excludes halogenated alkanes) is 1. The predicted octanol–water partition coefficient (Wildman–Crippen LogP) is 2.73. The molecule has 0 radical (unpaired) electrons. The van der Waals surface area contributed by atoms with Gasteiger partial charge in [-0.25, -0.2) is 0 Å². The minimum atomic E-state index is -1.68. The second kappa shape index (κ2) is 9.73. The molecule has 0 saturated heterocycles. The van der Waals surface area contributed by atoms with Crippen molar-refractivity contribution in [1.82, 2.24) is 0 Å². The van der Waals surface area contributed by atoms with Crippen LogP contribution in [-0.4, -0.2) is 40.3 Å². The van der Waals surface area contributed by atoms with E-state index in [1.54, 1.807) is 0 Å². The molecule has 0 saturated carbocycles. The number of nitrogens with two attached hydrogens (primary N) is 2. The van der Waals surface area contributed by atoms with Crippen molar-refractivity contribution >= 4 is 22.6 Å². The molecule has 1 atom stereocenters. The van der Waals surface area contributed by atoms with E-state index >= 15 is 0 Å². The molecule has 0 fully saturated rings. The zero-order valence-corrected chi connectivity index (χ0v) is 16.2. The highest BCUT2D eigenvalue weighted by Crippen LogP contribution is 2.25. The van der Waals surface area contributed by atoms with E-state index in [2.05, 4.69) is 26.2 Å². The van der Waals surface area contributed by atoms with Crippen molar-refractivity contribution in [1.29, 1.82) is 0 Å². The van der Waals surface area contributed by atoms with Gasteiger partial charge >= 0.3 is 5.97 Å². The van der Waals surface area contributed by atoms with Crippen molar-refractivity contribution in [3.8, 4) is 0 Å². The summed E-state index contributed by atoms with van der Waals surface area (Å²) < 4.78 is 6.51. The molecule has 0 spiro atoms. The number of carboxylic acids is 1. The molecule has 5 nitrogen and oxygen atoms in total. The van der Waals surface area contributed by atoms with Gasteiger partial charge in [-0.05, 0) is 57.7 Å². The zero-order chi connectivity index (χ0) is 16.5. The second-order valence-corrected chi connectivity index (χ2v) is 16.0. The van der Waals surface area contributed by atoms with Crippen molar-refractivity contribution in [2.24, 2.45) is 11.5 Å². The Balaban J connectivity index is 4.08. The Labute approximate surface area is 131 Å². The van der Waals surface area contributed by atoms with Crippen LogP contribution in [-0.2, 0) is 8.91 Å².